The van der Waals surface area contributed by atoms with Crippen LogP contribution >= 0.6 is 0 Å². The maximum absolute atomic E-state index is 3.25. The van der Waals surface area contributed by atoms with E-state index in [0.717, 1.165) is 6.42 Å². The summed E-state index contributed by atoms with van der Waals surface area (Å²) in [5.74, 6) is 0. The zero-order valence-corrected chi connectivity index (χ0v) is 7.05. The summed E-state index contributed by atoms with van der Waals surface area (Å²) in [4.78, 5) is 0. The van der Waals surface area contributed by atoms with Gasteiger partial charge in [0.05, 0.1) is 0 Å². The van der Waals surface area contributed by atoms with Crippen LogP contribution in [0.1, 0.15) is 6.42 Å². The third-order valence-corrected chi connectivity index (χ3v) is 0.586. The van der Waals surface area contributed by atoms with E-state index in [9.17, 15) is 0 Å². The summed E-state index contributed by atoms with van der Waals surface area (Å²) in [6.45, 7) is 6.50. The minimum atomic E-state index is 0. The topological polar surface area (TPSA) is 0 Å². The fourth-order valence-corrected chi connectivity index (χ4v) is 0.340. The van der Waals surface area contributed by atoms with Crippen molar-refractivity contribution < 1.29 is 0 Å². The first-order valence-electron chi connectivity index (χ1n) is 2.53. The van der Waals surface area contributed by atoms with Crippen molar-refractivity contribution in [1.29, 1.82) is 0 Å². The van der Waals surface area contributed by atoms with Gasteiger partial charge >= 0.3 is 23.1 Å². The summed E-state index contributed by atoms with van der Waals surface area (Å²) in [6.07, 6.45) is 11.5. The number of rotatable bonds is 0. The normalized spacial score (nSPS) is 11.1. The van der Waals surface area contributed by atoms with Gasteiger partial charge in [0.2, 0.25) is 0 Å². The van der Waals surface area contributed by atoms with Gasteiger partial charge in [-0.3, -0.25) is 6.08 Å². The maximum Gasteiger partial charge on any atom is 2.00 e. The van der Waals surface area contributed by atoms with Gasteiger partial charge in [-0.05, 0) is 0 Å². The molecule has 44 valence electrons. The molecule has 0 radical (unpaired) electrons. The molecular formula is C8H10Mg. The second-order valence-electron chi connectivity index (χ2n) is 1.29. The molecule has 0 spiro atoms. The van der Waals surface area contributed by atoms with E-state index in [1.165, 1.54) is 6.08 Å². The van der Waals surface area contributed by atoms with Crippen molar-refractivity contribution >= 4 is 23.1 Å². The van der Waals surface area contributed by atoms with E-state index < -0.39 is 0 Å². The van der Waals surface area contributed by atoms with E-state index in [2.05, 4.69) is 25.7 Å². The zero-order valence-electron chi connectivity index (χ0n) is 5.64. The third kappa shape index (κ3) is 11.4. The van der Waals surface area contributed by atoms with E-state index in [0.29, 0.717) is 0 Å². The zero-order chi connectivity index (χ0) is 6.24. The third-order valence-electron chi connectivity index (χ3n) is 0.586. The van der Waals surface area contributed by atoms with Crippen LogP contribution in [-0.2, 0) is 0 Å². The van der Waals surface area contributed by atoms with Crippen LogP contribution in [0, 0.1) is 13.0 Å². The van der Waals surface area contributed by atoms with E-state index >= 15 is 0 Å². The first kappa shape index (κ1) is 11.6. The molecule has 0 aliphatic heterocycles. The van der Waals surface area contributed by atoms with Crippen molar-refractivity contribution in [3.05, 3.63) is 43.9 Å². The largest absolute Gasteiger partial charge is 2.00 e. The Balaban J connectivity index is 0. The van der Waals surface area contributed by atoms with Gasteiger partial charge < -0.3 is 0 Å². The molecule has 1 heteroatoms. The van der Waals surface area contributed by atoms with E-state index in [1.807, 2.05) is 12.2 Å². The fourth-order valence-electron chi connectivity index (χ4n) is 0.340. The Labute approximate surface area is 73.5 Å². The Morgan fingerprint density at radius 1 is 1.67 bits per heavy atom. The van der Waals surface area contributed by atoms with E-state index in [-0.39, 0.29) is 23.1 Å². The Hall–Kier alpha value is -0.144. The van der Waals surface area contributed by atoms with Crippen LogP contribution in [0.2, 0.25) is 0 Å². The quantitative estimate of drug-likeness (QED) is 0.347. The minimum Gasteiger partial charge on any atom is -0.273 e. The van der Waals surface area contributed by atoms with E-state index in [1.54, 1.807) is 0 Å². The standard InChI is InChI=1S/C5H5.C3H5.Mg/c1-2-4-5-3-1;1-3-2;/h1-3H,4H2;3H,1-2H2;/q2*-1;+2. The Morgan fingerprint density at radius 2 is 2.22 bits per heavy atom. The van der Waals surface area contributed by atoms with Crippen LogP contribution in [-0.4, -0.2) is 23.1 Å². The predicted octanol–water partition coefficient (Wildman–Crippen LogP) is 1.93. The Bertz CT molecular complexity index is 91.1. The SMILES string of the molecule is C=C[CH2-].[C-]1=CC=CC1.[Mg+2]. The first-order valence-corrected chi connectivity index (χ1v) is 2.53. The van der Waals surface area contributed by atoms with Gasteiger partial charge in [0, 0.05) is 0 Å². The second-order valence-corrected chi connectivity index (χ2v) is 1.29. The van der Waals surface area contributed by atoms with Crippen molar-refractivity contribution in [3.8, 4) is 0 Å². The van der Waals surface area contributed by atoms with Crippen LogP contribution in [0.15, 0.2) is 30.9 Å². The summed E-state index contributed by atoms with van der Waals surface area (Å²) in [7, 11) is 0. The fraction of sp³-hybridized carbons (Fsp3) is 0.125. The molecule has 0 aromatic carbocycles. The van der Waals surface area contributed by atoms with Gasteiger partial charge in [-0.25, -0.2) is 31.7 Å². The predicted molar refractivity (Wildman–Crippen MR) is 42.9 cm³/mol. The molecule has 0 aromatic rings. The molecule has 9 heavy (non-hydrogen) atoms. The summed E-state index contributed by atoms with van der Waals surface area (Å²) in [5, 5.41) is 0. The van der Waals surface area contributed by atoms with Crippen molar-refractivity contribution in [2.24, 2.45) is 0 Å². The van der Waals surface area contributed by atoms with Crippen LogP contribution in [0.4, 0.5) is 0 Å². The van der Waals surface area contributed by atoms with Crippen molar-refractivity contribution in [2.45, 2.75) is 6.42 Å². The number of hydrogen-bond acceptors (Lipinski definition) is 0. The number of hydrogen-bond donors (Lipinski definition) is 0. The molecule has 1 aliphatic carbocycles. The molecule has 1 rings (SSSR count). The monoisotopic (exact) mass is 130 g/mol. The smallest absolute Gasteiger partial charge is 0.273 e. The molecule has 0 heterocycles. The van der Waals surface area contributed by atoms with Gasteiger partial charge in [0.1, 0.15) is 0 Å². The molecule has 0 saturated heterocycles. The summed E-state index contributed by atoms with van der Waals surface area (Å²) in [6, 6.07) is 0. The summed E-state index contributed by atoms with van der Waals surface area (Å²) < 4.78 is 0. The molecule has 0 unspecified atom stereocenters. The molecular weight excluding hydrogens is 120 g/mol. The summed E-state index contributed by atoms with van der Waals surface area (Å²) >= 11 is 0. The molecule has 0 N–H and O–H groups in total. The van der Waals surface area contributed by atoms with Gasteiger partial charge in [-0.15, -0.1) is 6.42 Å². The molecule has 0 fully saturated rings. The van der Waals surface area contributed by atoms with Crippen LogP contribution in [0.3, 0.4) is 0 Å². The van der Waals surface area contributed by atoms with Crippen molar-refractivity contribution in [2.75, 3.05) is 0 Å². The van der Waals surface area contributed by atoms with Crippen molar-refractivity contribution in [1.82, 2.24) is 0 Å². The maximum atomic E-state index is 3.25. The molecule has 1 aliphatic rings. The van der Waals surface area contributed by atoms with Gasteiger partial charge in [-0.2, -0.15) is 6.08 Å². The molecule has 0 bridgehead atoms. The minimum absolute atomic E-state index is 0. The van der Waals surface area contributed by atoms with Crippen LogP contribution in [0.5, 0.6) is 0 Å². The van der Waals surface area contributed by atoms with Crippen LogP contribution in [0.25, 0.3) is 0 Å². The van der Waals surface area contributed by atoms with Crippen molar-refractivity contribution in [3.63, 3.8) is 0 Å². The Kier molecular flexibility index (Phi) is 13.9. The second kappa shape index (κ2) is 10.8. The average molecular weight is 130 g/mol. The first-order chi connectivity index (χ1) is 3.91. The molecule has 0 saturated carbocycles. The van der Waals surface area contributed by atoms with E-state index in [4.69, 9.17) is 0 Å². The average Bonchev–Trinajstić information content (AvgIpc) is 2.17. The van der Waals surface area contributed by atoms with Gasteiger partial charge in [0.25, 0.3) is 0 Å². The molecule has 0 nitrogen and oxygen atoms in total. The summed E-state index contributed by atoms with van der Waals surface area (Å²) in [5.41, 5.74) is 0. The molecule has 0 amide bonds. The van der Waals surface area contributed by atoms with Crippen LogP contribution < -0.4 is 0 Å². The molecule has 0 atom stereocenters. The number of allylic oxidation sites excluding steroid dienone is 5. The molecule has 0 aromatic heterocycles. The van der Waals surface area contributed by atoms with Gasteiger partial charge in [0.15, 0.2) is 0 Å². The Morgan fingerprint density at radius 3 is 2.33 bits per heavy atom. The van der Waals surface area contributed by atoms with Gasteiger partial charge in [-0.1, -0.05) is 0 Å².